The molecule has 7 nitrogen and oxygen atoms in total. The fraction of sp³-hybridized carbons (Fsp3) is 0.143. The van der Waals surface area contributed by atoms with Crippen molar-refractivity contribution in [3.8, 4) is 17.1 Å². The molecule has 0 fully saturated rings. The number of para-hydroxylation sites is 2. The summed E-state index contributed by atoms with van der Waals surface area (Å²) >= 11 is 0. The van der Waals surface area contributed by atoms with Crippen LogP contribution < -0.4 is 15.9 Å². The molecule has 0 saturated carbocycles. The lowest BCUT2D eigenvalue weighted by atomic mass is 9.85. The maximum absolute atomic E-state index is 13.8. The van der Waals surface area contributed by atoms with Crippen LogP contribution in [0.5, 0.6) is 5.75 Å². The number of hydrogen-bond acceptors (Lipinski definition) is 3. The minimum absolute atomic E-state index is 0.194. The lowest BCUT2D eigenvalue weighted by Crippen LogP contribution is -2.25. The number of nitrogens with zero attached hydrogens (tertiary/aromatic N) is 2. The average Bonchev–Trinajstić information content (AvgIpc) is 3.36. The van der Waals surface area contributed by atoms with Crippen molar-refractivity contribution in [1.82, 2.24) is 19.6 Å². The summed E-state index contributed by atoms with van der Waals surface area (Å²) in [6.07, 6.45) is 0. The highest BCUT2D eigenvalue weighted by atomic mass is 16.5. The van der Waals surface area contributed by atoms with E-state index < -0.39 is 5.92 Å². The molecule has 0 bridgehead atoms. The molecule has 0 atom stereocenters. The molecule has 7 heteroatoms. The zero-order valence-corrected chi connectivity index (χ0v) is 19.8. The Labute approximate surface area is 202 Å². The highest BCUT2D eigenvalue weighted by Crippen LogP contribution is 2.33. The lowest BCUT2D eigenvalue weighted by molar-refractivity contribution is 0.414. The van der Waals surface area contributed by atoms with Crippen LogP contribution in [0.4, 0.5) is 0 Å². The SMILES string of the molecule is COc1ccc(C(c2c(C)[nH]n(-c3ccccc3)c2=O)c2c(C)[nH]n(-c3ccccc3)c2=O)cc1. The Bertz CT molecular complexity index is 1480. The summed E-state index contributed by atoms with van der Waals surface area (Å²) < 4.78 is 8.39. The van der Waals surface area contributed by atoms with E-state index >= 15 is 0 Å². The van der Waals surface area contributed by atoms with E-state index in [1.807, 2.05) is 98.8 Å². The van der Waals surface area contributed by atoms with Crippen LogP contribution in [-0.2, 0) is 0 Å². The van der Waals surface area contributed by atoms with E-state index in [0.717, 1.165) is 16.9 Å². The van der Waals surface area contributed by atoms with Crippen LogP contribution in [0.1, 0.15) is 34.0 Å². The van der Waals surface area contributed by atoms with Crippen LogP contribution in [0, 0.1) is 13.8 Å². The second-order valence-electron chi connectivity index (χ2n) is 8.46. The largest absolute Gasteiger partial charge is 0.497 e. The number of benzene rings is 3. The Hall–Kier alpha value is -4.52. The van der Waals surface area contributed by atoms with Gasteiger partial charge in [0.15, 0.2) is 0 Å². The smallest absolute Gasteiger partial charge is 0.275 e. The van der Waals surface area contributed by atoms with Crippen molar-refractivity contribution in [3.63, 3.8) is 0 Å². The third-order valence-corrected chi connectivity index (χ3v) is 6.29. The molecule has 5 rings (SSSR count). The predicted octanol–water partition coefficient (Wildman–Crippen LogP) is 4.45. The van der Waals surface area contributed by atoms with E-state index in [1.165, 1.54) is 9.36 Å². The van der Waals surface area contributed by atoms with Gasteiger partial charge in [0.1, 0.15) is 5.75 Å². The molecule has 2 aromatic heterocycles. The molecule has 35 heavy (non-hydrogen) atoms. The van der Waals surface area contributed by atoms with Gasteiger partial charge >= 0.3 is 0 Å². The Morgan fingerprint density at radius 3 is 1.49 bits per heavy atom. The molecule has 0 spiro atoms. The van der Waals surface area contributed by atoms with Gasteiger partial charge in [0, 0.05) is 17.3 Å². The third-order valence-electron chi connectivity index (χ3n) is 6.29. The van der Waals surface area contributed by atoms with Crippen molar-refractivity contribution >= 4 is 0 Å². The third kappa shape index (κ3) is 3.91. The van der Waals surface area contributed by atoms with E-state index in [4.69, 9.17) is 4.74 Å². The molecule has 2 N–H and O–H groups in total. The van der Waals surface area contributed by atoms with Crippen LogP contribution >= 0.6 is 0 Å². The number of hydrogen-bond donors (Lipinski definition) is 2. The number of aromatic amines is 2. The van der Waals surface area contributed by atoms with Crippen molar-refractivity contribution in [2.45, 2.75) is 19.8 Å². The van der Waals surface area contributed by atoms with Crippen molar-refractivity contribution in [2.24, 2.45) is 0 Å². The van der Waals surface area contributed by atoms with Crippen molar-refractivity contribution in [2.75, 3.05) is 7.11 Å². The van der Waals surface area contributed by atoms with Gasteiger partial charge in [-0.25, -0.2) is 9.36 Å². The van der Waals surface area contributed by atoms with E-state index in [2.05, 4.69) is 10.2 Å². The quantitative estimate of drug-likeness (QED) is 0.388. The number of rotatable bonds is 6. The molecule has 0 amide bonds. The minimum atomic E-state index is -0.580. The van der Waals surface area contributed by atoms with Crippen molar-refractivity contribution in [3.05, 3.63) is 134 Å². The highest BCUT2D eigenvalue weighted by molar-refractivity contribution is 5.48. The van der Waals surface area contributed by atoms with E-state index in [9.17, 15) is 9.59 Å². The Kier molecular flexibility index (Phi) is 5.74. The summed E-state index contributed by atoms with van der Waals surface area (Å²) in [6.45, 7) is 3.73. The van der Waals surface area contributed by atoms with Gasteiger partial charge in [0.05, 0.1) is 29.6 Å². The van der Waals surface area contributed by atoms with Crippen LogP contribution in [0.2, 0.25) is 0 Å². The summed E-state index contributed by atoms with van der Waals surface area (Å²) in [6, 6.07) is 26.3. The molecular weight excluding hydrogens is 440 g/mol. The Balaban J connectivity index is 1.76. The summed E-state index contributed by atoms with van der Waals surface area (Å²) in [7, 11) is 1.61. The maximum Gasteiger partial charge on any atom is 0.275 e. The first-order chi connectivity index (χ1) is 17.0. The van der Waals surface area contributed by atoms with E-state index in [-0.39, 0.29) is 11.1 Å². The first-order valence-electron chi connectivity index (χ1n) is 11.4. The number of nitrogens with one attached hydrogen (secondary N) is 2. The maximum atomic E-state index is 13.8. The van der Waals surface area contributed by atoms with Crippen molar-refractivity contribution in [1.29, 1.82) is 0 Å². The van der Waals surface area contributed by atoms with Crippen molar-refractivity contribution < 1.29 is 4.74 Å². The Morgan fingerprint density at radius 2 is 1.09 bits per heavy atom. The standard InChI is InChI=1S/C28H26N4O3/c1-18-24(27(33)31(29-18)21-10-6-4-7-11-21)26(20-14-16-23(35-3)17-15-20)25-19(2)30-32(28(25)34)22-12-8-5-9-13-22/h4-17,26,29-30H,1-3H3. The molecule has 2 heterocycles. The molecule has 3 aromatic carbocycles. The molecule has 5 aromatic rings. The monoisotopic (exact) mass is 466 g/mol. The number of methoxy groups -OCH3 is 1. The topological polar surface area (TPSA) is 84.8 Å². The first-order valence-corrected chi connectivity index (χ1v) is 11.4. The zero-order chi connectivity index (χ0) is 24.5. The van der Waals surface area contributed by atoms with Gasteiger partial charge in [0.25, 0.3) is 11.1 Å². The molecule has 0 aliphatic carbocycles. The van der Waals surface area contributed by atoms with Crippen LogP contribution in [0.25, 0.3) is 11.4 Å². The summed E-state index contributed by atoms with van der Waals surface area (Å²) in [5.41, 5.74) is 4.35. The van der Waals surface area contributed by atoms with Gasteiger partial charge in [-0.15, -0.1) is 0 Å². The molecule has 176 valence electrons. The van der Waals surface area contributed by atoms with Gasteiger partial charge in [-0.05, 0) is 55.8 Å². The summed E-state index contributed by atoms with van der Waals surface area (Å²) in [4.78, 5) is 27.6. The second-order valence-corrected chi connectivity index (χ2v) is 8.46. The zero-order valence-electron chi connectivity index (χ0n) is 19.8. The fourth-order valence-corrected chi connectivity index (χ4v) is 4.59. The molecule has 0 aliphatic rings. The number of aryl methyl sites for hydroxylation is 2. The number of H-pyrrole nitrogens is 2. The van der Waals surface area contributed by atoms with Crippen LogP contribution in [-0.4, -0.2) is 26.7 Å². The molecule has 0 aliphatic heterocycles. The van der Waals surface area contributed by atoms with Gasteiger partial charge in [-0.3, -0.25) is 19.8 Å². The van der Waals surface area contributed by atoms with Gasteiger partial charge < -0.3 is 4.74 Å². The van der Waals surface area contributed by atoms with E-state index in [0.29, 0.717) is 28.3 Å². The number of aromatic nitrogens is 4. The normalized spacial score (nSPS) is 11.2. The van der Waals surface area contributed by atoms with Gasteiger partial charge in [-0.1, -0.05) is 48.5 Å². The van der Waals surface area contributed by atoms with Gasteiger partial charge in [-0.2, -0.15) is 0 Å². The van der Waals surface area contributed by atoms with Gasteiger partial charge in [0.2, 0.25) is 0 Å². The summed E-state index contributed by atoms with van der Waals surface area (Å²) in [5, 5.41) is 6.42. The molecular formula is C28H26N4O3. The average molecular weight is 467 g/mol. The minimum Gasteiger partial charge on any atom is -0.497 e. The molecule has 0 unspecified atom stereocenters. The first kappa shape index (κ1) is 22.3. The molecule has 0 radical (unpaired) electrons. The number of ether oxygens (including phenoxy) is 1. The molecule has 0 saturated heterocycles. The van der Waals surface area contributed by atoms with Crippen LogP contribution in [0.15, 0.2) is 94.5 Å². The fourth-order valence-electron chi connectivity index (χ4n) is 4.59. The van der Waals surface area contributed by atoms with E-state index in [1.54, 1.807) is 7.11 Å². The lowest BCUT2D eigenvalue weighted by Gasteiger charge is -2.16. The predicted molar refractivity (Wildman–Crippen MR) is 136 cm³/mol. The Morgan fingerprint density at radius 1 is 0.657 bits per heavy atom. The summed E-state index contributed by atoms with van der Waals surface area (Å²) in [5.74, 6) is 0.121. The highest BCUT2D eigenvalue weighted by Gasteiger charge is 2.30. The second kappa shape index (κ2) is 9.02. The van der Waals surface area contributed by atoms with Crippen LogP contribution in [0.3, 0.4) is 0 Å².